The number of hydrogen-bond acceptors (Lipinski definition) is 6. The fourth-order valence-corrected chi connectivity index (χ4v) is 4.15. The van der Waals surface area contributed by atoms with Crippen molar-refractivity contribution in [2.75, 3.05) is 24.5 Å². The van der Waals surface area contributed by atoms with Crippen LogP contribution in [0.1, 0.15) is 25.1 Å². The van der Waals surface area contributed by atoms with Crippen LogP contribution in [0.25, 0.3) is 22.7 Å². The molecule has 1 N–H and O–H groups in total. The molecule has 0 saturated carbocycles. The third-order valence-electron chi connectivity index (χ3n) is 5.57. The first-order valence-corrected chi connectivity index (χ1v) is 10.2. The highest BCUT2D eigenvalue weighted by Crippen LogP contribution is 2.23. The van der Waals surface area contributed by atoms with Crippen LogP contribution in [-0.4, -0.2) is 49.2 Å². The van der Waals surface area contributed by atoms with Crippen molar-refractivity contribution in [3.05, 3.63) is 58.3 Å². The lowest BCUT2D eigenvalue weighted by molar-refractivity contribution is 0.353. The van der Waals surface area contributed by atoms with E-state index in [4.69, 9.17) is 4.98 Å². The molecule has 0 amide bonds. The van der Waals surface area contributed by atoms with Gasteiger partial charge in [-0.3, -0.25) is 9.20 Å². The van der Waals surface area contributed by atoms with Gasteiger partial charge in [0, 0.05) is 37.4 Å². The average molecular weight is 403 g/mol. The topological polar surface area (TPSA) is 79.8 Å². The van der Waals surface area contributed by atoms with E-state index >= 15 is 0 Å². The lowest BCUT2D eigenvalue weighted by Crippen LogP contribution is -2.57. The molecular formula is C22H25N7O. The Morgan fingerprint density at radius 3 is 2.70 bits per heavy atom. The summed E-state index contributed by atoms with van der Waals surface area (Å²) in [6.07, 6.45) is 3.76. The van der Waals surface area contributed by atoms with E-state index in [1.165, 1.54) is 0 Å². The number of hydrogen-bond donors (Lipinski definition) is 1. The number of imidazole rings is 1. The van der Waals surface area contributed by atoms with Gasteiger partial charge in [0.25, 0.3) is 5.56 Å². The summed E-state index contributed by atoms with van der Waals surface area (Å²) < 4.78 is 3.36. The van der Waals surface area contributed by atoms with E-state index in [-0.39, 0.29) is 11.1 Å². The first-order chi connectivity index (χ1) is 14.3. The Bertz CT molecular complexity index is 1330. The van der Waals surface area contributed by atoms with Crippen molar-refractivity contribution in [2.45, 2.75) is 33.2 Å². The van der Waals surface area contributed by atoms with Crippen LogP contribution in [0.5, 0.6) is 0 Å². The Balaban J connectivity index is 1.60. The minimum Gasteiger partial charge on any atom is -0.367 e. The van der Waals surface area contributed by atoms with Gasteiger partial charge in [0.2, 0.25) is 0 Å². The number of nitrogens with zero attached hydrogens (tertiary/aromatic N) is 6. The molecule has 5 rings (SSSR count). The third kappa shape index (κ3) is 3.23. The van der Waals surface area contributed by atoms with E-state index in [1.54, 1.807) is 15.0 Å². The van der Waals surface area contributed by atoms with E-state index in [2.05, 4.69) is 40.2 Å². The highest BCUT2D eigenvalue weighted by Gasteiger charge is 2.26. The number of fused-ring (bicyclic) bond motifs is 2. The number of aromatic nitrogens is 5. The van der Waals surface area contributed by atoms with Gasteiger partial charge in [0.05, 0.1) is 23.3 Å². The van der Waals surface area contributed by atoms with Gasteiger partial charge < -0.3 is 10.2 Å². The van der Waals surface area contributed by atoms with Crippen LogP contribution in [0.2, 0.25) is 0 Å². The van der Waals surface area contributed by atoms with Crippen LogP contribution in [0.15, 0.2) is 41.5 Å². The molecule has 1 fully saturated rings. The lowest BCUT2D eigenvalue weighted by Gasteiger charge is -2.40. The van der Waals surface area contributed by atoms with Crippen molar-refractivity contribution in [2.24, 2.45) is 0 Å². The van der Waals surface area contributed by atoms with E-state index in [0.717, 1.165) is 42.2 Å². The monoisotopic (exact) mass is 403 g/mol. The summed E-state index contributed by atoms with van der Waals surface area (Å²) >= 11 is 0. The summed E-state index contributed by atoms with van der Waals surface area (Å²) in [6.45, 7) is 11.0. The van der Waals surface area contributed by atoms with Crippen molar-refractivity contribution in [1.82, 2.24) is 29.3 Å². The molecule has 154 valence electrons. The van der Waals surface area contributed by atoms with Crippen molar-refractivity contribution in [3.8, 4) is 11.4 Å². The van der Waals surface area contributed by atoms with E-state index in [0.29, 0.717) is 17.0 Å². The second-order valence-electron chi connectivity index (χ2n) is 8.69. The zero-order valence-corrected chi connectivity index (χ0v) is 17.7. The molecule has 1 saturated heterocycles. The van der Waals surface area contributed by atoms with E-state index in [9.17, 15) is 4.79 Å². The molecule has 0 spiro atoms. The van der Waals surface area contributed by atoms with Crippen LogP contribution >= 0.6 is 0 Å². The third-order valence-corrected chi connectivity index (χ3v) is 5.57. The quantitative estimate of drug-likeness (QED) is 0.553. The van der Waals surface area contributed by atoms with Crippen molar-refractivity contribution in [1.29, 1.82) is 0 Å². The molecule has 8 heteroatoms. The maximum Gasteiger partial charge on any atom is 0.258 e. The zero-order valence-electron chi connectivity index (χ0n) is 17.7. The van der Waals surface area contributed by atoms with Crippen molar-refractivity contribution >= 4 is 17.0 Å². The highest BCUT2D eigenvalue weighted by molar-refractivity contribution is 5.63. The van der Waals surface area contributed by atoms with Crippen LogP contribution < -0.4 is 15.8 Å². The van der Waals surface area contributed by atoms with E-state index < -0.39 is 0 Å². The molecule has 1 aliphatic heterocycles. The Morgan fingerprint density at radius 1 is 1.07 bits per heavy atom. The number of rotatable bonds is 2. The predicted molar refractivity (Wildman–Crippen MR) is 117 cm³/mol. The molecule has 0 aromatic carbocycles. The molecule has 0 aliphatic carbocycles. The Hall–Kier alpha value is -3.26. The van der Waals surface area contributed by atoms with Gasteiger partial charge in [0.15, 0.2) is 5.65 Å². The van der Waals surface area contributed by atoms with Gasteiger partial charge in [-0.05, 0) is 51.5 Å². The number of nitrogens with one attached hydrogen (secondary N) is 1. The maximum atomic E-state index is 13.0. The molecule has 0 unspecified atom stereocenters. The fourth-order valence-electron chi connectivity index (χ4n) is 4.15. The smallest absolute Gasteiger partial charge is 0.258 e. The van der Waals surface area contributed by atoms with Gasteiger partial charge in [-0.2, -0.15) is 5.10 Å². The number of piperazine rings is 1. The number of aryl methyl sites for hydroxylation is 2. The highest BCUT2D eigenvalue weighted by atomic mass is 16.1. The molecule has 1 aliphatic rings. The standard InChI is InChI=1S/C22H25N7O/c1-14-9-16(27-8-7-23-22(3,4)13-27)12-28-20(30)10-18(25-21(14)28)17-5-6-19-24-15(2)11-29(19)26-17/h5-6,9-12,23H,7-8,13H2,1-4H3. The minimum absolute atomic E-state index is 0.0319. The normalized spacial score (nSPS) is 16.5. The van der Waals surface area contributed by atoms with Gasteiger partial charge in [0.1, 0.15) is 11.3 Å². The Kier molecular flexibility index (Phi) is 4.14. The van der Waals surface area contributed by atoms with Gasteiger partial charge >= 0.3 is 0 Å². The molecule has 0 bridgehead atoms. The molecule has 30 heavy (non-hydrogen) atoms. The molecule has 4 aromatic heterocycles. The van der Waals surface area contributed by atoms with Crippen LogP contribution in [0.3, 0.4) is 0 Å². The zero-order chi connectivity index (χ0) is 21.0. The molecular weight excluding hydrogens is 378 g/mol. The molecule has 8 nitrogen and oxygen atoms in total. The van der Waals surface area contributed by atoms with E-state index in [1.807, 2.05) is 38.4 Å². The second-order valence-corrected chi connectivity index (χ2v) is 8.69. The maximum absolute atomic E-state index is 13.0. The number of pyridine rings is 1. The fraction of sp³-hybridized carbons (Fsp3) is 0.364. The van der Waals surface area contributed by atoms with Crippen molar-refractivity contribution < 1.29 is 0 Å². The van der Waals surface area contributed by atoms with Crippen LogP contribution in [-0.2, 0) is 0 Å². The van der Waals surface area contributed by atoms with Gasteiger partial charge in [-0.15, -0.1) is 0 Å². The van der Waals surface area contributed by atoms with Gasteiger partial charge in [-0.25, -0.2) is 14.5 Å². The summed E-state index contributed by atoms with van der Waals surface area (Å²) in [5.41, 5.74) is 5.45. The lowest BCUT2D eigenvalue weighted by atomic mass is 10.0. The minimum atomic E-state index is -0.113. The Labute approximate surface area is 174 Å². The first kappa shape index (κ1) is 18.7. The van der Waals surface area contributed by atoms with Crippen molar-refractivity contribution in [3.63, 3.8) is 0 Å². The van der Waals surface area contributed by atoms with Gasteiger partial charge in [-0.1, -0.05) is 0 Å². The summed E-state index contributed by atoms with van der Waals surface area (Å²) in [5, 5.41) is 8.10. The molecule has 0 radical (unpaired) electrons. The summed E-state index contributed by atoms with van der Waals surface area (Å²) in [6, 6.07) is 7.41. The molecule has 4 aromatic rings. The molecule has 0 atom stereocenters. The Morgan fingerprint density at radius 2 is 1.90 bits per heavy atom. The first-order valence-electron chi connectivity index (χ1n) is 10.2. The second kappa shape index (κ2) is 6.63. The summed E-state index contributed by atoms with van der Waals surface area (Å²) in [7, 11) is 0. The van der Waals surface area contributed by atoms with Crippen LogP contribution in [0.4, 0.5) is 5.69 Å². The molecule has 5 heterocycles. The van der Waals surface area contributed by atoms with Crippen LogP contribution in [0, 0.1) is 13.8 Å². The predicted octanol–water partition coefficient (Wildman–Crippen LogP) is 2.21. The summed E-state index contributed by atoms with van der Waals surface area (Å²) in [4.78, 5) is 24.5. The largest absolute Gasteiger partial charge is 0.367 e. The number of anilines is 1. The average Bonchev–Trinajstić information content (AvgIpc) is 3.06. The summed E-state index contributed by atoms with van der Waals surface area (Å²) in [5.74, 6) is 0. The SMILES string of the molecule is Cc1cn2nc(-c3cc(=O)n4cc(N5CCNC(C)(C)C5)cc(C)c4n3)ccc2n1.